The first-order valence-corrected chi connectivity index (χ1v) is 8.30. The van der Waals surface area contributed by atoms with E-state index >= 15 is 0 Å². The van der Waals surface area contributed by atoms with E-state index in [1.807, 2.05) is 0 Å². The second-order valence-electron chi connectivity index (χ2n) is 5.97. The van der Waals surface area contributed by atoms with Crippen molar-refractivity contribution in [2.45, 2.75) is 38.8 Å². The number of pyridine rings is 1. The summed E-state index contributed by atoms with van der Waals surface area (Å²) >= 11 is 0. The lowest BCUT2D eigenvalue weighted by Crippen LogP contribution is -2.51. The molecule has 8 nitrogen and oxygen atoms in total. The lowest BCUT2D eigenvalue weighted by atomic mass is 10.2. The number of carbonyl (C=O) groups is 3. The summed E-state index contributed by atoms with van der Waals surface area (Å²) < 4.78 is 6.29. The van der Waals surface area contributed by atoms with Crippen LogP contribution in [0.3, 0.4) is 0 Å². The van der Waals surface area contributed by atoms with Crippen molar-refractivity contribution in [2.24, 2.45) is 7.05 Å². The van der Waals surface area contributed by atoms with E-state index in [0.717, 1.165) is 0 Å². The summed E-state index contributed by atoms with van der Waals surface area (Å²) in [5.41, 5.74) is -0.474. The van der Waals surface area contributed by atoms with Crippen LogP contribution in [0.25, 0.3) is 0 Å². The molecule has 0 spiro atoms. The highest BCUT2D eigenvalue weighted by atomic mass is 16.5. The molecule has 8 heteroatoms. The highest BCUT2D eigenvalue weighted by Crippen LogP contribution is 2.19. The molecule has 2 atom stereocenters. The normalized spacial score (nSPS) is 17.9. The van der Waals surface area contributed by atoms with Gasteiger partial charge in [0.25, 0.3) is 11.5 Å². The Balaban J connectivity index is 2.07. The third-order valence-electron chi connectivity index (χ3n) is 4.18. The van der Waals surface area contributed by atoms with Crippen LogP contribution in [-0.2, 0) is 21.4 Å². The van der Waals surface area contributed by atoms with Crippen LogP contribution in [0.4, 0.5) is 0 Å². The van der Waals surface area contributed by atoms with Crippen molar-refractivity contribution < 1.29 is 19.1 Å². The van der Waals surface area contributed by atoms with Gasteiger partial charge < -0.3 is 19.5 Å². The molecular formula is C17H23N3O5. The molecule has 1 aliphatic rings. The van der Waals surface area contributed by atoms with Gasteiger partial charge in [-0.3, -0.25) is 14.4 Å². The van der Waals surface area contributed by atoms with Gasteiger partial charge in [0.1, 0.15) is 17.6 Å². The Morgan fingerprint density at radius 2 is 2.12 bits per heavy atom. The average molecular weight is 349 g/mol. The molecule has 2 rings (SSSR count). The Kier molecular flexibility index (Phi) is 5.95. The van der Waals surface area contributed by atoms with E-state index in [1.54, 1.807) is 26.2 Å². The van der Waals surface area contributed by atoms with E-state index in [4.69, 9.17) is 4.74 Å². The summed E-state index contributed by atoms with van der Waals surface area (Å²) in [6.07, 6.45) is 2.79. The number of hydrogen-bond acceptors (Lipinski definition) is 5. The minimum absolute atomic E-state index is 0.0342. The maximum absolute atomic E-state index is 12.6. The first-order chi connectivity index (χ1) is 11.9. The van der Waals surface area contributed by atoms with E-state index < -0.39 is 29.5 Å². The van der Waals surface area contributed by atoms with Gasteiger partial charge in [0.2, 0.25) is 5.91 Å². The van der Waals surface area contributed by atoms with Crippen LogP contribution in [0.5, 0.6) is 0 Å². The smallest absolute Gasteiger partial charge is 0.328 e. The number of carbonyl (C=O) groups excluding carboxylic acids is 3. The Hall–Kier alpha value is -2.64. The first kappa shape index (κ1) is 18.7. The zero-order chi connectivity index (χ0) is 18.6. The molecule has 1 fully saturated rings. The fraction of sp³-hybridized carbons (Fsp3) is 0.529. The molecule has 0 bridgehead atoms. The average Bonchev–Trinajstić information content (AvgIpc) is 3.06. The van der Waals surface area contributed by atoms with Crippen molar-refractivity contribution in [3.05, 3.63) is 34.2 Å². The van der Waals surface area contributed by atoms with E-state index in [0.29, 0.717) is 19.4 Å². The van der Waals surface area contributed by atoms with Gasteiger partial charge in [0.05, 0.1) is 6.61 Å². The second-order valence-corrected chi connectivity index (χ2v) is 5.97. The van der Waals surface area contributed by atoms with Gasteiger partial charge in [-0.15, -0.1) is 0 Å². The molecule has 2 amide bonds. The van der Waals surface area contributed by atoms with Crippen LogP contribution in [0.15, 0.2) is 23.1 Å². The predicted octanol–water partition coefficient (Wildman–Crippen LogP) is 0.0577. The molecule has 1 saturated heterocycles. The van der Waals surface area contributed by atoms with Crippen LogP contribution in [0, 0.1) is 0 Å². The van der Waals surface area contributed by atoms with E-state index in [-0.39, 0.29) is 18.1 Å². The number of nitrogens with one attached hydrogen (secondary N) is 1. The van der Waals surface area contributed by atoms with Crippen molar-refractivity contribution in [1.29, 1.82) is 0 Å². The number of nitrogens with zero attached hydrogens (tertiary/aromatic N) is 2. The molecule has 0 aromatic carbocycles. The summed E-state index contributed by atoms with van der Waals surface area (Å²) in [6, 6.07) is 1.52. The molecule has 1 N–H and O–H groups in total. The summed E-state index contributed by atoms with van der Waals surface area (Å²) in [4.78, 5) is 50.3. The summed E-state index contributed by atoms with van der Waals surface area (Å²) in [6.45, 7) is 3.94. The predicted molar refractivity (Wildman–Crippen MR) is 90.0 cm³/mol. The highest BCUT2D eigenvalue weighted by Gasteiger charge is 2.37. The maximum Gasteiger partial charge on any atom is 0.328 e. The van der Waals surface area contributed by atoms with Gasteiger partial charge >= 0.3 is 5.97 Å². The van der Waals surface area contributed by atoms with Gasteiger partial charge in [-0.05, 0) is 38.8 Å². The van der Waals surface area contributed by atoms with E-state index in [2.05, 4.69) is 5.32 Å². The number of hydrogen-bond donors (Lipinski definition) is 1. The van der Waals surface area contributed by atoms with Gasteiger partial charge in [-0.2, -0.15) is 0 Å². The van der Waals surface area contributed by atoms with Crippen molar-refractivity contribution in [2.75, 3.05) is 13.2 Å². The second kappa shape index (κ2) is 7.96. The summed E-state index contributed by atoms with van der Waals surface area (Å²) in [7, 11) is 1.54. The van der Waals surface area contributed by atoms with Crippen LogP contribution < -0.4 is 10.9 Å². The molecule has 0 unspecified atom stereocenters. The van der Waals surface area contributed by atoms with Crippen molar-refractivity contribution in [3.8, 4) is 0 Å². The molecule has 0 aliphatic carbocycles. The van der Waals surface area contributed by atoms with E-state index in [1.165, 1.54) is 22.5 Å². The number of rotatable bonds is 5. The lowest BCUT2D eigenvalue weighted by Gasteiger charge is -2.26. The van der Waals surface area contributed by atoms with Crippen LogP contribution in [-0.4, -0.2) is 52.5 Å². The fourth-order valence-corrected chi connectivity index (χ4v) is 2.87. The van der Waals surface area contributed by atoms with Crippen LogP contribution in [0.1, 0.15) is 37.0 Å². The quantitative estimate of drug-likeness (QED) is 0.758. The Morgan fingerprint density at radius 3 is 2.80 bits per heavy atom. The summed E-state index contributed by atoms with van der Waals surface area (Å²) in [5, 5.41) is 2.54. The Bertz CT molecular complexity index is 727. The zero-order valence-corrected chi connectivity index (χ0v) is 14.7. The van der Waals surface area contributed by atoms with E-state index in [9.17, 15) is 19.2 Å². The minimum Gasteiger partial charge on any atom is -0.464 e. The van der Waals surface area contributed by atoms with Crippen LogP contribution in [0.2, 0.25) is 0 Å². The standard InChI is InChI=1S/C17H23N3O5/c1-4-25-17(24)13-8-6-10-20(13)15(22)11(2)18-14(21)12-7-5-9-19(3)16(12)23/h5,7,9,11,13H,4,6,8,10H2,1-3H3,(H,18,21)/t11-,13-/m0/s1. The Labute approximate surface area is 145 Å². The van der Waals surface area contributed by atoms with Gasteiger partial charge in [-0.1, -0.05) is 0 Å². The van der Waals surface area contributed by atoms with Gasteiger partial charge in [0.15, 0.2) is 0 Å². The fourth-order valence-electron chi connectivity index (χ4n) is 2.87. The molecular weight excluding hydrogens is 326 g/mol. The first-order valence-electron chi connectivity index (χ1n) is 8.30. The minimum atomic E-state index is -0.854. The number of likely N-dealkylation sites (tertiary alicyclic amines) is 1. The number of amides is 2. The number of aromatic nitrogens is 1. The Morgan fingerprint density at radius 1 is 1.40 bits per heavy atom. The zero-order valence-electron chi connectivity index (χ0n) is 14.7. The van der Waals surface area contributed by atoms with Crippen molar-refractivity contribution in [3.63, 3.8) is 0 Å². The number of ether oxygens (including phenoxy) is 1. The van der Waals surface area contributed by atoms with Gasteiger partial charge in [0, 0.05) is 19.8 Å². The largest absolute Gasteiger partial charge is 0.464 e. The monoisotopic (exact) mass is 349 g/mol. The van der Waals surface area contributed by atoms with Crippen molar-refractivity contribution in [1.82, 2.24) is 14.8 Å². The number of esters is 1. The van der Waals surface area contributed by atoms with Gasteiger partial charge in [-0.25, -0.2) is 4.79 Å². The van der Waals surface area contributed by atoms with Crippen LogP contribution >= 0.6 is 0 Å². The molecule has 1 aromatic rings. The molecule has 25 heavy (non-hydrogen) atoms. The third kappa shape index (κ3) is 4.07. The topological polar surface area (TPSA) is 97.7 Å². The maximum atomic E-state index is 12.6. The highest BCUT2D eigenvalue weighted by molar-refractivity contribution is 5.97. The molecule has 1 aromatic heterocycles. The molecule has 0 saturated carbocycles. The summed E-state index contributed by atoms with van der Waals surface area (Å²) in [5.74, 6) is -1.41. The SMILES string of the molecule is CCOC(=O)[C@@H]1CCCN1C(=O)[C@H](C)NC(=O)c1cccn(C)c1=O. The molecule has 136 valence electrons. The number of aryl methyl sites for hydroxylation is 1. The lowest BCUT2D eigenvalue weighted by molar-refractivity contribution is -0.153. The molecule has 0 radical (unpaired) electrons. The third-order valence-corrected chi connectivity index (χ3v) is 4.18. The van der Waals surface area contributed by atoms with Crippen molar-refractivity contribution >= 4 is 17.8 Å². The molecule has 2 heterocycles. The molecule has 1 aliphatic heterocycles.